The van der Waals surface area contributed by atoms with Crippen molar-refractivity contribution >= 4 is 17.5 Å². The zero-order valence-electron chi connectivity index (χ0n) is 11.6. The van der Waals surface area contributed by atoms with Crippen molar-refractivity contribution in [1.29, 1.82) is 0 Å². The summed E-state index contributed by atoms with van der Waals surface area (Å²) in [5, 5.41) is 0.514. The number of halogens is 1. The summed E-state index contributed by atoms with van der Waals surface area (Å²) >= 11 is 5.91. The molecule has 1 saturated heterocycles. The van der Waals surface area contributed by atoms with Crippen LogP contribution in [0.1, 0.15) is 28.4 Å². The van der Waals surface area contributed by atoms with Crippen LogP contribution in [0.3, 0.4) is 0 Å². The Bertz CT molecular complexity index is 799. The van der Waals surface area contributed by atoms with Gasteiger partial charge in [-0.3, -0.25) is 14.6 Å². The Labute approximate surface area is 130 Å². The number of amides is 1. The van der Waals surface area contributed by atoms with Crippen LogP contribution in [0.5, 0.6) is 0 Å². The van der Waals surface area contributed by atoms with E-state index in [1.54, 1.807) is 29.2 Å². The molecule has 0 spiro atoms. The first-order chi connectivity index (χ1) is 10.5. The molecular formula is C15H14ClN3O3. The van der Waals surface area contributed by atoms with E-state index in [1.807, 2.05) is 0 Å². The summed E-state index contributed by atoms with van der Waals surface area (Å²) in [4.78, 5) is 41.6. The second kappa shape index (κ2) is 5.81. The number of hydrogen-bond acceptors (Lipinski definition) is 3. The third-order valence-corrected chi connectivity index (χ3v) is 4.00. The predicted octanol–water partition coefficient (Wildman–Crippen LogP) is 1.35. The van der Waals surface area contributed by atoms with Crippen molar-refractivity contribution in [1.82, 2.24) is 14.9 Å². The van der Waals surface area contributed by atoms with Gasteiger partial charge in [-0.05, 0) is 24.6 Å². The number of aromatic amines is 2. The van der Waals surface area contributed by atoms with Crippen LogP contribution in [0.4, 0.5) is 0 Å². The molecule has 1 unspecified atom stereocenters. The van der Waals surface area contributed by atoms with Gasteiger partial charge in [-0.25, -0.2) is 4.79 Å². The Hall–Kier alpha value is -2.34. The molecule has 6 nitrogen and oxygen atoms in total. The highest BCUT2D eigenvalue weighted by Crippen LogP contribution is 2.26. The zero-order valence-corrected chi connectivity index (χ0v) is 12.4. The van der Waals surface area contributed by atoms with E-state index in [1.165, 1.54) is 6.07 Å². The standard InChI is InChI=1S/C15H14ClN3O3/c16-11-3-1-2-9(6-11)14(21)19-5-4-10(8-19)12-7-13(20)18-15(22)17-12/h1-3,6-7,10H,4-5,8H2,(H2,17,18,20,22). The molecule has 22 heavy (non-hydrogen) atoms. The lowest BCUT2D eigenvalue weighted by Gasteiger charge is -2.16. The summed E-state index contributed by atoms with van der Waals surface area (Å²) in [6, 6.07) is 8.17. The molecule has 1 aliphatic rings. The first-order valence-corrected chi connectivity index (χ1v) is 7.29. The third kappa shape index (κ3) is 2.96. The molecule has 0 bridgehead atoms. The fraction of sp³-hybridized carbons (Fsp3) is 0.267. The number of nitrogens with one attached hydrogen (secondary N) is 2. The quantitative estimate of drug-likeness (QED) is 0.876. The molecule has 2 N–H and O–H groups in total. The van der Waals surface area contributed by atoms with Crippen molar-refractivity contribution in [2.45, 2.75) is 12.3 Å². The van der Waals surface area contributed by atoms with Gasteiger partial charge in [0.05, 0.1) is 0 Å². The highest BCUT2D eigenvalue weighted by molar-refractivity contribution is 6.30. The SMILES string of the molecule is O=C(c1cccc(Cl)c1)N1CCC(c2cc(=O)[nH]c(=O)[nH]2)C1. The Morgan fingerprint density at radius 1 is 1.23 bits per heavy atom. The summed E-state index contributed by atoms with van der Waals surface area (Å²) < 4.78 is 0. The number of aromatic nitrogens is 2. The number of likely N-dealkylation sites (tertiary alicyclic amines) is 1. The third-order valence-electron chi connectivity index (χ3n) is 3.77. The molecule has 0 aliphatic carbocycles. The highest BCUT2D eigenvalue weighted by Gasteiger charge is 2.28. The van der Waals surface area contributed by atoms with Crippen LogP contribution in [-0.4, -0.2) is 33.9 Å². The van der Waals surface area contributed by atoms with Crippen LogP contribution in [0, 0.1) is 0 Å². The Balaban J connectivity index is 1.78. The van der Waals surface area contributed by atoms with E-state index in [0.29, 0.717) is 35.8 Å². The zero-order chi connectivity index (χ0) is 15.7. The number of H-pyrrole nitrogens is 2. The van der Waals surface area contributed by atoms with E-state index < -0.39 is 11.2 Å². The number of nitrogens with zero attached hydrogens (tertiary/aromatic N) is 1. The summed E-state index contributed by atoms with van der Waals surface area (Å²) in [5.74, 6) is -0.143. The fourth-order valence-corrected chi connectivity index (χ4v) is 2.90. The van der Waals surface area contributed by atoms with Gasteiger partial charge in [0.25, 0.3) is 11.5 Å². The lowest BCUT2D eigenvalue weighted by Crippen LogP contribution is -2.29. The molecule has 1 aromatic heterocycles. The van der Waals surface area contributed by atoms with Gasteiger partial charge >= 0.3 is 5.69 Å². The maximum Gasteiger partial charge on any atom is 0.325 e. The van der Waals surface area contributed by atoms with E-state index in [9.17, 15) is 14.4 Å². The van der Waals surface area contributed by atoms with Gasteiger partial charge in [0.1, 0.15) is 0 Å². The van der Waals surface area contributed by atoms with Gasteiger partial charge in [-0.1, -0.05) is 17.7 Å². The monoisotopic (exact) mass is 319 g/mol. The molecule has 2 heterocycles. The average Bonchev–Trinajstić information content (AvgIpc) is 2.95. The second-order valence-corrected chi connectivity index (χ2v) is 5.73. The van der Waals surface area contributed by atoms with Crippen molar-refractivity contribution < 1.29 is 4.79 Å². The Morgan fingerprint density at radius 3 is 2.77 bits per heavy atom. The van der Waals surface area contributed by atoms with Crippen molar-refractivity contribution in [3.05, 3.63) is 67.4 Å². The fourth-order valence-electron chi connectivity index (χ4n) is 2.71. The second-order valence-electron chi connectivity index (χ2n) is 5.29. The molecule has 7 heteroatoms. The highest BCUT2D eigenvalue weighted by atomic mass is 35.5. The van der Waals surface area contributed by atoms with Crippen LogP contribution in [0.25, 0.3) is 0 Å². The number of hydrogen-bond donors (Lipinski definition) is 2. The lowest BCUT2D eigenvalue weighted by molar-refractivity contribution is 0.0790. The summed E-state index contributed by atoms with van der Waals surface area (Å²) in [5.41, 5.74) is 0.142. The lowest BCUT2D eigenvalue weighted by atomic mass is 10.1. The van der Waals surface area contributed by atoms with Crippen LogP contribution >= 0.6 is 11.6 Å². The van der Waals surface area contributed by atoms with Crippen LogP contribution in [0.2, 0.25) is 5.02 Å². The molecule has 0 saturated carbocycles. The Kier molecular flexibility index (Phi) is 3.85. The molecule has 1 aromatic carbocycles. The number of carbonyl (C=O) groups is 1. The van der Waals surface area contributed by atoms with Gasteiger partial charge in [0.2, 0.25) is 0 Å². The maximum atomic E-state index is 12.4. The average molecular weight is 320 g/mol. The van der Waals surface area contributed by atoms with Crippen molar-refractivity contribution in [3.8, 4) is 0 Å². The van der Waals surface area contributed by atoms with E-state index in [2.05, 4.69) is 9.97 Å². The molecule has 1 aliphatic heterocycles. The summed E-state index contributed by atoms with van der Waals surface area (Å²) in [7, 11) is 0. The topological polar surface area (TPSA) is 86.0 Å². The largest absolute Gasteiger partial charge is 0.338 e. The smallest absolute Gasteiger partial charge is 0.325 e. The van der Waals surface area contributed by atoms with E-state index in [0.717, 1.165) is 0 Å². The van der Waals surface area contributed by atoms with Crippen LogP contribution < -0.4 is 11.2 Å². The summed E-state index contributed by atoms with van der Waals surface area (Å²) in [6.07, 6.45) is 0.700. The minimum absolute atomic E-state index is 0.0434. The van der Waals surface area contributed by atoms with Gasteiger partial charge in [-0.2, -0.15) is 0 Å². The van der Waals surface area contributed by atoms with Crippen LogP contribution in [-0.2, 0) is 0 Å². The molecule has 0 radical (unpaired) electrons. The number of rotatable bonds is 2. The normalized spacial score (nSPS) is 17.7. The van der Waals surface area contributed by atoms with E-state index in [-0.39, 0.29) is 11.8 Å². The molecule has 1 amide bonds. The molecule has 3 rings (SSSR count). The van der Waals surface area contributed by atoms with Crippen molar-refractivity contribution in [2.24, 2.45) is 0 Å². The molecule has 2 aromatic rings. The van der Waals surface area contributed by atoms with Gasteiger partial charge < -0.3 is 9.88 Å². The number of carbonyl (C=O) groups excluding carboxylic acids is 1. The first kappa shape index (κ1) is 14.6. The van der Waals surface area contributed by atoms with Gasteiger partial charge in [0.15, 0.2) is 0 Å². The van der Waals surface area contributed by atoms with Crippen molar-refractivity contribution in [3.63, 3.8) is 0 Å². The molecule has 114 valence electrons. The van der Waals surface area contributed by atoms with Crippen LogP contribution in [0.15, 0.2) is 39.9 Å². The number of benzene rings is 1. The van der Waals surface area contributed by atoms with Crippen molar-refractivity contribution in [2.75, 3.05) is 13.1 Å². The van der Waals surface area contributed by atoms with Gasteiger partial charge in [-0.15, -0.1) is 0 Å². The van der Waals surface area contributed by atoms with E-state index >= 15 is 0 Å². The minimum Gasteiger partial charge on any atom is -0.338 e. The summed E-state index contributed by atoms with van der Waals surface area (Å²) in [6.45, 7) is 1.04. The predicted molar refractivity (Wildman–Crippen MR) is 82.4 cm³/mol. The Morgan fingerprint density at radius 2 is 2.05 bits per heavy atom. The molecule has 1 atom stereocenters. The van der Waals surface area contributed by atoms with Gasteiger partial charge in [0, 0.05) is 41.4 Å². The van der Waals surface area contributed by atoms with E-state index in [4.69, 9.17) is 11.6 Å². The maximum absolute atomic E-state index is 12.4. The minimum atomic E-state index is -0.526. The first-order valence-electron chi connectivity index (χ1n) is 6.91. The molecule has 1 fully saturated rings. The molecular weight excluding hydrogens is 306 g/mol.